The number of oxime groups is 1. The second-order valence-electron chi connectivity index (χ2n) is 3.02. The van der Waals surface area contributed by atoms with Crippen molar-refractivity contribution in [3.8, 4) is 0 Å². The Morgan fingerprint density at radius 3 is 2.73 bits per heavy atom. The monoisotopic (exact) mass is 221 g/mol. The van der Waals surface area contributed by atoms with Gasteiger partial charge in [-0.25, -0.2) is 4.79 Å². The second-order valence-corrected chi connectivity index (χ2v) is 3.29. The van der Waals surface area contributed by atoms with Gasteiger partial charge in [0, 0.05) is 0 Å². The highest BCUT2D eigenvalue weighted by atomic mass is 35.5. The fourth-order valence-electron chi connectivity index (χ4n) is 1.27. The van der Waals surface area contributed by atoms with Gasteiger partial charge in [-0.15, -0.1) is 11.6 Å². The molecule has 1 aromatic rings. The van der Waals surface area contributed by atoms with Crippen molar-refractivity contribution in [1.82, 2.24) is 0 Å². The van der Waals surface area contributed by atoms with Gasteiger partial charge in [0.2, 0.25) is 0 Å². The van der Waals surface area contributed by atoms with Crippen LogP contribution in [0.15, 0.2) is 41.1 Å². The lowest BCUT2D eigenvalue weighted by atomic mass is 10.1. The molecule has 0 aromatic heterocycles. The minimum absolute atomic E-state index is 0.171. The van der Waals surface area contributed by atoms with Crippen molar-refractivity contribution in [1.29, 1.82) is 0 Å². The SMILES string of the molecule is O=C1ON=C(CCl)/C1=C/c1ccccc1. The Bertz CT molecular complexity index is 437. The molecule has 0 saturated heterocycles. The van der Waals surface area contributed by atoms with Crippen LogP contribution in [0.3, 0.4) is 0 Å². The third kappa shape index (κ3) is 2.07. The van der Waals surface area contributed by atoms with E-state index in [0.29, 0.717) is 11.3 Å². The first kappa shape index (κ1) is 9.93. The van der Waals surface area contributed by atoms with E-state index >= 15 is 0 Å². The lowest BCUT2D eigenvalue weighted by Gasteiger charge is -1.95. The van der Waals surface area contributed by atoms with Gasteiger partial charge >= 0.3 is 5.97 Å². The molecular formula is C11H8ClNO2. The summed E-state index contributed by atoms with van der Waals surface area (Å²) in [6.45, 7) is 0. The molecule has 0 bridgehead atoms. The molecule has 0 N–H and O–H groups in total. The van der Waals surface area contributed by atoms with E-state index in [-0.39, 0.29) is 5.88 Å². The van der Waals surface area contributed by atoms with Crippen LogP contribution >= 0.6 is 11.6 Å². The van der Waals surface area contributed by atoms with E-state index in [4.69, 9.17) is 11.6 Å². The first-order valence-corrected chi connectivity index (χ1v) is 4.96. The number of benzene rings is 1. The van der Waals surface area contributed by atoms with Crippen LogP contribution in [0.2, 0.25) is 0 Å². The van der Waals surface area contributed by atoms with Crippen molar-refractivity contribution in [2.24, 2.45) is 5.16 Å². The van der Waals surface area contributed by atoms with E-state index in [2.05, 4.69) is 9.99 Å². The summed E-state index contributed by atoms with van der Waals surface area (Å²) in [6, 6.07) is 9.48. The second kappa shape index (κ2) is 4.28. The molecule has 0 atom stereocenters. The summed E-state index contributed by atoms with van der Waals surface area (Å²) in [7, 11) is 0. The number of hydrogen-bond donors (Lipinski definition) is 0. The number of nitrogens with zero attached hydrogens (tertiary/aromatic N) is 1. The van der Waals surface area contributed by atoms with Gasteiger partial charge in [-0.3, -0.25) is 0 Å². The summed E-state index contributed by atoms with van der Waals surface area (Å²) in [5, 5.41) is 3.58. The molecule has 0 spiro atoms. The first-order chi connectivity index (χ1) is 7.31. The van der Waals surface area contributed by atoms with Crippen LogP contribution in [0.4, 0.5) is 0 Å². The van der Waals surface area contributed by atoms with Gasteiger partial charge in [-0.1, -0.05) is 35.5 Å². The quantitative estimate of drug-likeness (QED) is 0.436. The third-order valence-corrected chi connectivity index (χ3v) is 2.26. The molecule has 76 valence electrons. The highest BCUT2D eigenvalue weighted by Gasteiger charge is 2.24. The summed E-state index contributed by atoms with van der Waals surface area (Å²) in [5.41, 5.74) is 1.82. The number of hydrogen-bond acceptors (Lipinski definition) is 3. The topological polar surface area (TPSA) is 38.7 Å². The van der Waals surface area contributed by atoms with Gasteiger partial charge in [-0.05, 0) is 11.6 Å². The van der Waals surface area contributed by atoms with Crippen molar-refractivity contribution in [2.75, 3.05) is 5.88 Å². The maximum Gasteiger partial charge on any atom is 0.367 e. The zero-order chi connectivity index (χ0) is 10.7. The van der Waals surface area contributed by atoms with Crippen LogP contribution in [0.25, 0.3) is 6.08 Å². The van der Waals surface area contributed by atoms with Gasteiger partial charge in [0.25, 0.3) is 0 Å². The molecule has 0 aliphatic carbocycles. The van der Waals surface area contributed by atoms with Gasteiger partial charge in [0.15, 0.2) is 0 Å². The highest BCUT2D eigenvalue weighted by molar-refractivity contribution is 6.38. The Morgan fingerprint density at radius 2 is 2.07 bits per heavy atom. The van der Waals surface area contributed by atoms with E-state index in [1.165, 1.54) is 0 Å². The predicted octanol–water partition coefficient (Wildman–Crippen LogP) is 2.22. The highest BCUT2D eigenvalue weighted by Crippen LogP contribution is 2.16. The van der Waals surface area contributed by atoms with Crippen LogP contribution in [0.1, 0.15) is 5.56 Å². The molecule has 1 aliphatic heterocycles. The van der Waals surface area contributed by atoms with Crippen LogP contribution in [0, 0.1) is 0 Å². The largest absolute Gasteiger partial charge is 0.367 e. The molecule has 4 heteroatoms. The summed E-state index contributed by atoms with van der Waals surface area (Å²) in [5.74, 6) is -0.278. The van der Waals surface area contributed by atoms with Crippen molar-refractivity contribution in [3.05, 3.63) is 41.5 Å². The summed E-state index contributed by atoms with van der Waals surface area (Å²) >= 11 is 5.63. The van der Waals surface area contributed by atoms with Crippen molar-refractivity contribution in [3.63, 3.8) is 0 Å². The molecule has 0 radical (unpaired) electrons. The normalized spacial score (nSPS) is 17.8. The Hall–Kier alpha value is -1.61. The molecule has 15 heavy (non-hydrogen) atoms. The Kier molecular flexibility index (Phi) is 2.83. The molecule has 1 heterocycles. The Morgan fingerprint density at radius 1 is 1.33 bits per heavy atom. The van der Waals surface area contributed by atoms with Crippen molar-refractivity contribution < 1.29 is 9.63 Å². The molecule has 1 aliphatic rings. The zero-order valence-electron chi connectivity index (χ0n) is 7.81. The molecule has 0 amide bonds. The average Bonchev–Trinajstić information content (AvgIpc) is 2.62. The van der Waals surface area contributed by atoms with Gasteiger partial charge in [0.05, 0.1) is 11.5 Å². The van der Waals surface area contributed by atoms with Crippen LogP contribution in [0.5, 0.6) is 0 Å². The zero-order valence-corrected chi connectivity index (χ0v) is 8.57. The maximum atomic E-state index is 11.3. The molecule has 0 fully saturated rings. The Labute approximate surface area is 92.0 Å². The Balaban J connectivity index is 2.34. The van der Waals surface area contributed by atoms with Crippen molar-refractivity contribution >= 4 is 29.4 Å². The minimum atomic E-state index is -0.450. The number of alkyl halides is 1. The lowest BCUT2D eigenvalue weighted by molar-refractivity contribution is -0.136. The van der Waals surface area contributed by atoms with Gasteiger partial charge < -0.3 is 4.84 Å². The molecule has 2 rings (SSSR count). The molecule has 1 aromatic carbocycles. The standard InChI is InChI=1S/C11H8ClNO2/c12-7-10-9(11(14)15-13-10)6-8-4-2-1-3-5-8/h1-6H,7H2/b9-6-. The van der Waals surface area contributed by atoms with Crippen LogP contribution in [-0.2, 0) is 9.63 Å². The van der Waals surface area contributed by atoms with Crippen molar-refractivity contribution in [2.45, 2.75) is 0 Å². The molecular weight excluding hydrogens is 214 g/mol. The average molecular weight is 222 g/mol. The molecule has 3 nitrogen and oxygen atoms in total. The first-order valence-electron chi connectivity index (χ1n) is 4.42. The minimum Gasteiger partial charge on any atom is -0.312 e. The van der Waals surface area contributed by atoms with Crippen LogP contribution < -0.4 is 0 Å². The summed E-state index contributed by atoms with van der Waals surface area (Å²) in [6.07, 6.45) is 1.72. The number of carbonyl (C=O) groups is 1. The molecule has 0 saturated carbocycles. The third-order valence-electron chi connectivity index (χ3n) is 2.01. The fourth-order valence-corrected chi connectivity index (χ4v) is 1.46. The summed E-state index contributed by atoms with van der Waals surface area (Å²) in [4.78, 5) is 15.8. The van der Waals surface area contributed by atoms with Gasteiger partial charge in [-0.2, -0.15) is 0 Å². The molecule has 0 unspecified atom stereocenters. The predicted molar refractivity (Wildman–Crippen MR) is 58.7 cm³/mol. The van der Waals surface area contributed by atoms with E-state index in [0.717, 1.165) is 5.56 Å². The number of carbonyl (C=O) groups excluding carboxylic acids is 1. The van der Waals surface area contributed by atoms with E-state index in [1.54, 1.807) is 6.08 Å². The van der Waals surface area contributed by atoms with Gasteiger partial charge in [0.1, 0.15) is 5.71 Å². The fraction of sp³-hybridized carbons (Fsp3) is 0.0909. The number of halogens is 1. The van der Waals surface area contributed by atoms with E-state index in [1.807, 2.05) is 30.3 Å². The van der Waals surface area contributed by atoms with E-state index < -0.39 is 5.97 Å². The lowest BCUT2D eigenvalue weighted by Crippen LogP contribution is -2.06. The smallest absolute Gasteiger partial charge is 0.312 e. The maximum absolute atomic E-state index is 11.3. The summed E-state index contributed by atoms with van der Waals surface area (Å²) < 4.78 is 0. The van der Waals surface area contributed by atoms with E-state index in [9.17, 15) is 4.79 Å². The van der Waals surface area contributed by atoms with Crippen LogP contribution in [-0.4, -0.2) is 17.6 Å². The number of rotatable bonds is 2.